The molecular weight excluding hydrogens is 314 g/mol. The molecule has 0 N–H and O–H groups in total. The van der Waals surface area contributed by atoms with E-state index in [2.05, 4.69) is 9.97 Å². The van der Waals surface area contributed by atoms with Crippen molar-refractivity contribution >= 4 is 34.2 Å². The standard InChI is InChI=1S/C14H13Cl2FN4/c1-20-5-3-18-13(20)2-4-21-12-7-10(17)9(16)6-11(12)19-14(21)8-15/h3,5-7H,2,4,8H2,1H3. The van der Waals surface area contributed by atoms with E-state index < -0.39 is 5.82 Å². The maximum Gasteiger partial charge on any atom is 0.144 e. The summed E-state index contributed by atoms with van der Waals surface area (Å²) in [7, 11) is 1.94. The molecule has 0 aliphatic heterocycles. The Morgan fingerprint density at radius 2 is 2.10 bits per heavy atom. The second-order valence-electron chi connectivity index (χ2n) is 4.77. The van der Waals surface area contributed by atoms with Gasteiger partial charge in [0.05, 0.1) is 21.9 Å². The average molecular weight is 327 g/mol. The number of fused-ring (bicyclic) bond motifs is 1. The fraction of sp³-hybridized carbons (Fsp3) is 0.286. The van der Waals surface area contributed by atoms with Gasteiger partial charge in [-0.05, 0) is 6.07 Å². The number of halogens is 3. The molecule has 2 heterocycles. The van der Waals surface area contributed by atoms with E-state index in [4.69, 9.17) is 23.2 Å². The van der Waals surface area contributed by atoms with Crippen molar-refractivity contribution in [1.29, 1.82) is 0 Å². The van der Waals surface area contributed by atoms with Gasteiger partial charge in [0.2, 0.25) is 0 Å². The summed E-state index contributed by atoms with van der Waals surface area (Å²) in [6.07, 6.45) is 4.36. The number of benzene rings is 1. The molecule has 0 unspecified atom stereocenters. The van der Waals surface area contributed by atoms with Crippen LogP contribution in [0.1, 0.15) is 11.6 Å². The molecule has 0 aliphatic carbocycles. The Morgan fingerprint density at radius 1 is 1.29 bits per heavy atom. The zero-order valence-electron chi connectivity index (χ0n) is 11.4. The Balaban J connectivity index is 2.00. The molecule has 0 fully saturated rings. The SMILES string of the molecule is Cn1ccnc1CCn1c(CCl)nc2cc(Cl)c(F)cc21. The predicted octanol–water partition coefficient (Wildman–Crippen LogP) is 3.54. The van der Waals surface area contributed by atoms with Gasteiger partial charge in [-0.2, -0.15) is 0 Å². The Labute approximate surface area is 131 Å². The van der Waals surface area contributed by atoms with Gasteiger partial charge < -0.3 is 9.13 Å². The highest BCUT2D eigenvalue weighted by molar-refractivity contribution is 6.31. The molecule has 7 heteroatoms. The van der Waals surface area contributed by atoms with Crippen LogP contribution in [0.25, 0.3) is 11.0 Å². The minimum atomic E-state index is -0.455. The molecule has 0 bridgehead atoms. The molecule has 0 spiro atoms. The molecule has 0 atom stereocenters. The summed E-state index contributed by atoms with van der Waals surface area (Å²) < 4.78 is 17.6. The van der Waals surface area contributed by atoms with Crippen molar-refractivity contribution in [3.05, 3.63) is 47.0 Å². The Bertz CT molecular complexity index is 794. The molecule has 3 aromatic rings. The lowest BCUT2D eigenvalue weighted by Crippen LogP contribution is -2.08. The largest absolute Gasteiger partial charge is 0.338 e. The number of alkyl halides is 1. The van der Waals surface area contributed by atoms with Crippen molar-refractivity contribution < 1.29 is 4.39 Å². The Hall–Kier alpha value is -1.59. The lowest BCUT2D eigenvalue weighted by Gasteiger charge is -2.08. The summed E-state index contributed by atoms with van der Waals surface area (Å²) in [4.78, 5) is 8.69. The number of imidazole rings is 2. The summed E-state index contributed by atoms with van der Waals surface area (Å²) in [5.74, 6) is 1.45. The van der Waals surface area contributed by atoms with Crippen LogP contribution in [0.15, 0.2) is 24.5 Å². The summed E-state index contributed by atoms with van der Waals surface area (Å²) >= 11 is 11.7. The van der Waals surface area contributed by atoms with Gasteiger partial charge in [-0.25, -0.2) is 14.4 Å². The molecule has 21 heavy (non-hydrogen) atoms. The monoisotopic (exact) mass is 326 g/mol. The van der Waals surface area contributed by atoms with E-state index >= 15 is 0 Å². The molecule has 0 saturated heterocycles. The highest BCUT2D eigenvalue weighted by atomic mass is 35.5. The molecule has 110 valence electrons. The summed E-state index contributed by atoms with van der Waals surface area (Å²) in [6, 6.07) is 2.93. The second kappa shape index (κ2) is 5.66. The van der Waals surface area contributed by atoms with Crippen molar-refractivity contribution in [2.75, 3.05) is 0 Å². The zero-order chi connectivity index (χ0) is 15.0. The fourth-order valence-electron chi connectivity index (χ4n) is 2.37. The third kappa shape index (κ3) is 2.63. The first kappa shape index (κ1) is 14.4. The normalized spacial score (nSPS) is 11.4. The molecule has 2 aromatic heterocycles. The zero-order valence-corrected chi connectivity index (χ0v) is 12.9. The molecule has 3 rings (SSSR count). The highest BCUT2D eigenvalue weighted by Crippen LogP contribution is 2.24. The smallest absolute Gasteiger partial charge is 0.144 e. The van der Waals surface area contributed by atoms with Crippen molar-refractivity contribution in [3.63, 3.8) is 0 Å². The van der Waals surface area contributed by atoms with Crippen LogP contribution in [0.5, 0.6) is 0 Å². The summed E-state index contributed by atoms with van der Waals surface area (Å²) in [6.45, 7) is 0.629. The summed E-state index contributed by atoms with van der Waals surface area (Å²) in [5.41, 5.74) is 1.35. The minimum Gasteiger partial charge on any atom is -0.338 e. The first-order valence-electron chi connectivity index (χ1n) is 6.46. The molecule has 1 aromatic carbocycles. The molecule has 0 radical (unpaired) electrons. The van der Waals surface area contributed by atoms with Crippen LogP contribution >= 0.6 is 23.2 Å². The van der Waals surface area contributed by atoms with Crippen LogP contribution in [0.3, 0.4) is 0 Å². The number of aryl methyl sites for hydroxylation is 3. The van der Waals surface area contributed by atoms with Gasteiger partial charge in [0.25, 0.3) is 0 Å². The number of aromatic nitrogens is 4. The van der Waals surface area contributed by atoms with E-state index in [0.29, 0.717) is 29.8 Å². The maximum absolute atomic E-state index is 13.7. The predicted molar refractivity (Wildman–Crippen MR) is 81.2 cm³/mol. The van der Waals surface area contributed by atoms with E-state index in [1.54, 1.807) is 6.20 Å². The van der Waals surface area contributed by atoms with Gasteiger partial charge in [-0.15, -0.1) is 11.6 Å². The Morgan fingerprint density at radius 3 is 2.76 bits per heavy atom. The second-order valence-corrected chi connectivity index (χ2v) is 5.45. The van der Waals surface area contributed by atoms with Crippen LogP contribution in [0, 0.1) is 5.82 Å². The fourth-order valence-corrected chi connectivity index (χ4v) is 2.73. The van der Waals surface area contributed by atoms with Crippen molar-refractivity contribution in [1.82, 2.24) is 19.1 Å². The van der Waals surface area contributed by atoms with Crippen molar-refractivity contribution in [2.45, 2.75) is 18.8 Å². The van der Waals surface area contributed by atoms with E-state index in [0.717, 1.165) is 5.82 Å². The lowest BCUT2D eigenvalue weighted by atomic mass is 10.3. The first-order chi connectivity index (χ1) is 10.1. The number of rotatable bonds is 4. The topological polar surface area (TPSA) is 35.6 Å². The summed E-state index contributed by atoms with van der Waals surface area (Å²) in [5, 5.41) is 0.0670. The molecule has 0 amide bonds. The van der Waals surface area contributed by atoms with Crippen molar-refractivity contribution in [3.8, 4) is 0 Å². The van der Waals surface area contributed by atoms with E-state index in [-0.39, 0.29) is 10.9 Å². The van der Waals surface area contributed by atoms with Gasteiger partial charge in [0, 0.05) is 38.5 Å². The van der Waals surface area contributed by atoms with Crippen LogP contribution in [-0.4, -0.2) is 19.1 Å². The van der Waals surface area contributed by atoms with Gasteiger partial charge in [0.15, 0.2) is 0 Å². The van der Waals surface area contributed by atoms with Crippen LogP contribution in [-0.2, 0) is 25.9 Å². The number of nitrogens with zero attached hydrogens (tertiary/aromatic N) is 4. The molecular formula is C14H13Cl2FN4. The van der Waals surface area contributed by atoms with Gasteiger partial charge >= 0.3 is 0 Å². The van der Waals surface area contributed by atoms with Crippen LogP contribution < -0.4 is 0 Å². The average Bonchev–Trinajstić information content (AvgIpc) is 3.01. The number of hydrogen-bond acceptors (Lipinski definition) is 2. The number of hydrogen-bond donors (Lipinski definition) is 0. The van der Waals surface area contributed by atoms with Gasteiger partial charge in [-0.1, -0.05) is 11.6 Å². The third-order valence-electron chi connectivity index (χ3n) is 3.47. The first-order valence-corrected chi connectivity index (χ1v) is 7.37. The van der Waals surface area contributed by atoms with E-state index in [9.17, 15) is 4.39 Å². The molecule has 0 aliphatic rings. The molecule has 4 nitrogen and oxygen atoms in total. The third-order valence-corrected chi connectivity index (χ3v) is 4.00. The van der Waals surface area contributed by atoms with Gasteiger partial charge in [0.1, 0.15) is 17.5 Å². The quantitative estimate of drug-likeness (QED) is 0.687. The minimum absolute atomic E-state index is 0.0670. The lowest BCUT2D eigenvalue weighted by molar-refractivity contribution is 0.623. The Kier molecular flexibility index (Phi) is 3.87. The van der Waals surface area contributed by atoms with Gasteiger partial charge in [-0.3, -0.25) is 0 Å². The van der Waals surface area contributed by atoms with Crippen LogP contribution in [0.4, 0.5) is 4.39 Å². The van der Waals surface area contributed by atoms with Crippen molar-refractivity contribution in [2.24, 2.45) is 7.05 Å². The van der Waals surface area contributed by atoms with Crippen LogP contribution in [0.2, 0.25) is 5.02 Å². The van der Waals surface area contributed by atoms with E-state index in [1.165, 1.54) is 12.1 Å². The highest BCUT2D eigenvalue weighted by Gasteiger charge is 2.13. The van der Waals surface area contributed by atoms with E-state index in [1.807, 2.05) is 22.4 Å². The molecule has 0 saturated carbocycles. The maximum atomic E-state index is 13.7.